The molecular weight excluding hydrogens is 258 g/mol. The highest BCUT2D eigenvalue weighted by atomic mass is 16.4. The normalized spacial score (nSPS) is 23.6. The van der Waals surface area contributed by atoms with Gasteiger partial charge in [0, 0.05) is 24.7 Å². The lowest BCUT2D eigenvalue weighted by Gasteiger charge is -2.40. The largest absolute Gasteiger partial charge is 0.481 e. The first-order chi connectivity index (χ1) is 9.32. The molecule has 1 rings (SSSR count). The third kappa shape index (κ3) is 4.67. The minimum atomic E-state index is -0.886. The number of hydrazine groups is 1. The Morgan fingerprint density at radius 1 is 1.30 bits per heavy atom. The van der Waals surface area contributed by atoms with E-state index in [1.54, 1.807) is 4.90 Å². The van der Waals surface area contributed by atoms with Crippen molar-refractivity contribution >= 4 is 12.0 Å². The molecule has 116 valence electrons. The Bertz CT molecular complexity index is 337. The van der Waals surface area contributed by atoms with Gasteiger partial charge in [-0.3, -0.25) is 10.2 Å². The molecule has 2 unspecified atom stereocenters. The number of nitrogens with zero attached hydrogens (tertiary/aromatic N) is 2. The Hall–Kier alpha value is -1.30. The third-order valence-corrected chi connectivity index (χ3v) is 3.87. The summed E-state index contributed by atoms with van der Waals surface area (Å²) < 4.78 is 0. The zero-order valence-corrected chi connectivity index (χ0v) is 12.9. The molecule has 0 bridgehead atoms. The molecular formula is C14H27N3O3. The average Bonchev–Trinajstić information content (AvgIpc) is 2.33. The van der Waals surface area contributed by atoms with E-state index in [2.05, 4.69) is 19.3 Å². The summed E-state index contributed by atoms with van der Waals surface area (Å²) in [7, 11) is 0. The highest BCUT2D eigenvalue weighted by Crippen LogP contribution is 2.20. The van der Waals surface area contributed by atoms with E-state index in [1.807, 2.05) is 18.9 Å². The second-order valence-corrected chi connectivity index (χ2v) is 5.88. The fraction of sp³-hybridized carbons (Fsp3) is 0.857. The lowest BCUT2D eigenvalue weighted by atomic mass is 10.00. The van der Waals surface area contributed by atoms with Crippen molar-refractivity contribution in [1.82, 2.24) is 15.3 Å². The summed E-state index contributed by atoms with van der Waals surface area (Å²) in [5.41, 5.74) is 2.95. The van der Waals surface area contributed by atoms with E-state index in [4.69, 9.17) is 5.11 Å². The van der Waals surface area contributed by atoms with E-state index in [-0.39, 0.29) is 25.0 Å². The number of rotatable bonds is 5. The number of carbonyl (C=O) groups is 2. The van der Waals surface area contributed by atoms with Crippen molar-refractivity contribution in [2.45, 2.75) is 71.5 Å². The number of carbonyl (C=O) groups excluding carboxylic acids is 1. The Balaban J connectivity index is 2.62. The van der Waals surface area contributed by atoms with Crippen LogP contribution in [0.1, 0.15) is 53.4 Å². The van der Waals surface area contributed by atoms with Gasteiger partial charge in [0.15, 0.2) is 0 Å². The van der Waals surface area contributed by atoms with E-state index in [0.29, 0.717) is 12.1 Å². The van der Waals surface area contributed by atoms with Crippen molar-refractivity contribution in [2.24, 2.45) is 0 Å². The smallest absolute Gasteiger partial charge is 0.332 e. The van der Waals surface area contributed by atoms with E-state index in [9.17, 15) is 9.59 Å². The fourth-order valence-electron chi connectivity index (χ4n) is 2.63. The van der Waals surface area contributed by atoms with Crippen LogP contribution in [0.25, 0.3) is 0 Å². The van der Waals surface area contributed by atoms with Gasteiger partial charge in [0.25, 0.3) is 0 Å². The van der Waals surface area contributed by atoms with Crippen LogP contribution in [0.5, 0.6) is 0 Å². The van der Waals surface area contributed by atoms with Crippen molar-refractivity contribution in [2.75, 3.05) is 6.54 Å². The SMILES string of the molecule is CC(C)N(CCC(=O)O)C(=O)NN1C(C)CCCC1C. The summed E-state index contributed by atoms with van der Waals surface area (Å²) >= 11 is 0. The molecule has 6 nitrogen and oxygen atoms in total. The van der Waals surface area contributed by atoms with E-state index in [0.717, 1.165) is 12.8 Å². The molecule has 0 aromatic heterocycles. The molecule has 0 saturated carbocycles. The fourth-order valence-corrected chi connectivity index (χ4v) is 2.63. The monoisotopic (exact) mass is 285 g/mol. The van der Waals surface area contributed by atoms with Gasteiger partial charge >= 0.3 is 12.0 Å². The van der Waals surface area contributed by atoms with Crippen LogP contribution in [-0.2, 0) is 4.79 Å². The number of piperidine rings is 1. The van der Waals surface area contributed by atoms with Crippen molar-refractivity contribution in [3.63, 3.8) is 0 Å². The van der Waals surface area contributed by atoms with E-state index < -0.39 is 5.97 Å². The standard InChI is InChI=1S/C14H27N3O3/c1-10(2)16(9-8-13(18)19)14(20)15-17-11(3)6-5-7-12(17)4/h10-12H,5-9H2,1-4H3,(H,15,20)(H,18,19). The molecule has 0 aliphatic carbocycles. The molecule has 2 amide bonds. The van der Waals surface area contributed by atoms with Gasteiger partial charge in [-0.05, 0) is 40.5 Å². The number of hydrogen-bond acceptors (Lipinski definition) is 3. The molecule has 1 aliphatic heterocycles. The maximum atomic E-state index is 12.3. The summed E-state index contributed by atoms with van der Waals surface area (Å²) in [6.45, 7) is 8.23. The molecule has 1 heterocycles. The molecule has 6 heteroatoms. The van der Waals surface area contributed by atoms with Gasteiger partial charge in [-0.25, -0.2) is 9.80 Å². The Kier molecular flexibility index (Phi) is 6.26. The van der Waals surface area contributed by atoms with Crippen molar-refractivity contribution in [3.8, 4) is 0 Å². The van der Waals surface area contributed by atoms with Crippen LogP contribution in [-0.4, -0.2) is 51.7 Å². The summed E-state index contributed by atoms with van der Waals surface area (Å²) in [4.78, 5) is 24.6. The van der Waals surface area contributed by atoms with Crippen LogP contribution < -0.4 is 5.43 Å². The zero-order valence-electron chi connectivity index (χ0n) is 12.9. The van der Waals surface area contributed by atoms with Crippen LogP contribution in [0.2, 0.25) is 0 Å². The second kappa shape index (κ2) is 7.47. The van der Waals surface area contributed by atoms with Crippen molar-refractivity contribution in [3.05, 3.63) is 0 Å². The molecule has 1 aliphatic rings. The van der Waals surface area contributed by atoms with Gasteiger partial charge in [0.2, 0.25) is 0 Å². The topological polar surface area (TPSA) is 72.9 Å². The van der Waals surface area contributed by atoms with E-state index >= 15 is 0 Å². The number of hydrogen-bond donors (Lipinski definition) is 2. The van der Waals surface area contributed by atoms with Crippen LogP contribution in [0.3, 0.4) is 0 Å². The molecule has 1 fully saturated rings. The quantitative estimate of drug-likeness (QED) is 0.811. The Morgan fingerprint density at radius 2 is 1.85 bits per heavy atom. The van der Waals surface area contributed by atoms with Crippen molar-refractivity contribution in [1.29, 1.82) is 0 Å². The lowest BCUT2D eigenvalue weighted by molar-refractivity contribution is -0.137. The highest BCUT2D eigenvalue weighted by molar-refractivity contribution is 5.75. The molecule has 1 saturated heterocycles. The van der Waals surface area contributed by atoms with Crippen LogP contribution in [0.4, 0.5) is 4.79 Å². The number of carboxylic acids is 1. The minimum Gasteiger partial charge on any atom is -0.481 e. The number of amides is 2. The Labute approximate surface area is 121 Å². The van der Waals surface area contributed by atoms with Gasteiger partial charge in [-0.1, -0.05) is 6.42 Å². The summed E-state index contributed by atoms with van der Waals surface area (Å²) in [5, 5.41) is 10.8. The number of urea groups is 1. The molecule has 0 aromatic carbocycles. The van der Waals surface area contributed by atoms with Crippen LogP contribution >= 0.6 is 0 Å². The first kappa shape index (κ1) is 16.8. The second-order valence-electron chi connectivity index (χ2n) is 5.88. The molecule has 0 aromatic rings. The van der Waals surface area contributed by atoms with Crippen LogP contribution in [0, 0.1) is 0 Å². The predicted molar refractivity (Wildman–Crippen MR) is 77.2 cm³/mol. The molecule has 0 radical (unpaired) electrons. The summed E-state index contributed by atoms with van der Waals surface area (Å²) in [6, 6.07) is 0.402. The average molecular weight is 285 g/mol. The Morgan fingerprint density at radius 3 is 2.30 bits per heavy atom. The van der Waals surface area contributed by atoms with Crippen molar-refractivity contribution < 1.29 is 14.7 Å². The lowest BCUT2D eigenvalue weighted by Crippen LogP contribution is -2.58. The summed E-state index contributed by atoms with van der Waals surface area (Å²) in [6.07, 6.45) is 3.29. The van der Waals surface area contributed by atoms with E-state index in [1.165, 1.54) is 6.42 Å². The van der Waals surface area contributed by atoms with Gasteiger partial charge in [0.05, 0.1) is 6.42 Å². The third-order valence-electron chi connectivity index (χ3n) is 3.87. The number of nitrogens with one attached hydrogen (secondary N) is 1. The molecule has 2 atom stereocenters. The maximum Gasteiger partial charge on any atom is 0.332 e. The summed E-state index contributed by atoms with van der Waals surface area (Å²) in [5.74, 6) is -0.886. The molecule has 0 spiro atoms. The van der Waals surface area contributed by atoms with Gasteiger partial charge < -0.3 is 10.0 Å². The number of carboxylic acid groups (broad SMARTS) is 1. The number of aliphatic carboxylic acids is 1. The minimum absolute atomic E-state index is 0.0234. The maximum absolute atomic E-state index is 12.3. The van der Waals surface area contributed by atoms with Crippen LogP contribution in [0.15, 0.2) is 0 Å². The molecule has 2 N–H and O–H groups in total. The zero-order chi connectivity index (χ0) is 15.3. The first-order valence-corrected chi connectivity index (χ1v) is 7.40. The predicted octanol–water partition coefficient (Wildman–Crippen LogP) is 2.06. The molecule has 20 heavy (non-hydrogen) atoms. The van der Waals surface area contributed by atoms with Gasteiger partial charge in [-0.2, -0.15) is 0 Å². The van der Waals surface area contributed by atoms with Gasteiger partial charge in [0.1, 0.15) is 0 Å². The highest BCUT2D eigenvalue weighted by Gasteiger charge is 2.28. The van der Waals surface area contributed by atoms with Gasteiger partial charge in [-0.15, -0.1) is 0 Å². The first-order valence-electron chi connectivity index (χ1n) is 7.40.